The lowest BCUT2D eigenvalue weighted by Crippen LogP contribution is -2.28. The molecule has 0 heterocycles. The fourth-order valence-corrected chi connectivity index (χ4v) is 4.24. The standard InChI is InChI=1S/C13H17Cl2NS/c14-10-5-6-11(15)13(7-10)17-12-4-2-1-3-9(12)8-16/h5-7,9,12H,1-4,8,16H2. The van der Waals surface area contributed by atoms with Gasteiger partial charge >= 0.3 is 0 Å². The Balaban J connectivity index is 2.10. The zero-order chi connectivity index (χ0) is 12.3. The largest absolute Gasteiger partial charge is 0.330 e. The van der Waals surface area contributed by atoms with Crippen LogP contribution in [0.3, 0.4) is 0 Å². The van der Waals surface area contributed by atoms with Crippen molar-refractivity contribution in [3.8, 4) is 0 Å². The van der Waals surface area contributed by atoms with Gasteiger partial charge < -0.3 is 5.73 Å². The van der Waals surface area contributed by atoms with Crippen LogP contribution < -0.4 is 5.73 Å². The number of thioether (sulfide) groups is 1. The topological polar surface area (TPSA) is 26.0 Å². The summed E-state index contributed by atoms with van der Waals surface area (Å²) >= 11 is 14.0. The normalized spacial score (nSPS) is 24.9. The first-order valence-corrected chi connectivity index (χ1v) is 7.66. The molecule has 0 saturated heterocycles. The van der Waals surface area contributed by atoms with Gasteiger partial charge in [-0.2, -0.15) is 0 Å². The van der Waals surface area contributed by atoms with E-state index in [9.17, 15) is 0 Å². The number of nitrogens with two attached hydrogens (primary N) is 1. The third-order valence-corrected chi connectivity index (χ3v) is 5.51. The van der Waals surface area contributed by atoms with Gasteiger partial charge in [0.05, 0.1) is 5.02 Å². The van der Waals surface area contributed by atoms with Crippen LogP contribution in [-0.2, 0) is 0 Å². The maximum Gasteiger partial charge on any atom is 0.0542 e. The van der Waals surface area contributed by atoms with Crippen molar-refractivity contribution in [1.82, 2.24) is 0 Å². The van der Waals surface area contributed by atoms with E-state index >= 15 is 0 Å². The molecule has 1 aromatic rings. The predicted molar refractivity (Wildman–Crippen MR) is 77.1 cm³/mol. The zero-order valence-electron chi connectivity index (χ0n) is 9.66. The molecule has 0 aliphatic heterocycles. The van der Waals surface area contributed by atoms with E-state index in [1.54, 1.807) is 0 Å². The predicted octanol–water partition coefficient (Wildman–Crippen LogP) is 4.60. The molecular formula is C13H17Cl2NS. The van der Waals surface area contributed by atoms with E-state index in [4.69, 9.17) is 28.9 Å². The average molecular weight is 290 g/mol. The van der Waals surface area contributed by atoms with Crippen LogP contribution in [0.1, 0.15) is 25.7 Å². The van der Waals surface area contributed by atoms with Crippen molar-refractivity contribution in [2.24, 2.45) is 11.7 Å². The molecule has 2 unspecified atom stereocenters. The number of hydrogen-bond acceptors (Lipinski definition) is 2. The first-order chi connectivity index (χ1) is 8.20. The van der Waals surface area contributed by atoms with Crippen LogP contribution in [0.2, 0.25) is 10.0 Å². The Bertz CT molecular complexity index is 384. The van der Waals surface area contributed by atoms with Gasteiger partial charge in [-0.05, 0) is 43.5 Å². The lowest BCUT2D eigenvalue weighted by Gasteiger charge is -2.30. The van der Waals surface area contributed by atoms with Gasteiger partial charge in [-0.15, -0.1) is 11.8 Å². The van der Waals surface area contributed by atoms with Crippen LogP contribution in [-0.4, -0.2) is 11.8 Å². The third kappa shape index (κ3) is 3.54. The summed E-state index contributed by atoms with van der Waals surface area (Å²) in [5.41, 5.74) is 5.84. The van der Waals surface area contributed by atoms with Gasteiger partial charge in [0.2, 0.25) is 0 Å². The highest BCUT2D eigenvalue weighted by molar-refractivity contribution is 8.00. The molecule has 2 rings (SSSR count). The van der Waals surface area contributed by atoms with E-state index in [0.717, 1.165) is 21.5 Å². The van der Waals surface area contributed by atoms with Crippen molar-refractivity contribution >= 4 is 35.0 Å². The molecule has 4 heteroatoms. The number of hydrogen-bond donors (Lipinski definition) is 1. The Morgan fingerprint density at radius 2 is 2.00 bits per heavy atom. The molecule has 2 atom stereocenters. The van der Waals surface area contributed by atoms with E-state index in [1.165, 1.54) is 25.7 Å². The first-order valence-electron chi connectivity index (χ1n) is 6.02. The van der Waals surface area contributed by atoms with Crippen LogP contribution in [0.5, 0.6) is 0 Å². The molecule has 0 bridgehead atoms. The summed E-state index contributed by atoms with van der Waals surface area (Å²) in [7, 11) is 0. The summed E-state index contributed by atoms with van der Waals surface area (Å²) in [5.74, 6) is 0.615. The van der Waals surface area contributed by atoms with E-state index in [1.807, 2.05) is 30.0 Å². The number of benzene rings is 1. The number of rotatable bonds is 3. The molecule has 1 saturated carbocycles. The van der Waals surface area contributed by atoms with Gasteiger partial charge in [-0.25, -0.2) is 0 Å². The van der Waals surface area contributed by atoms with Crippen LogP contribution in [0.15, 0.2) is 23.1 Å². The van der Waals surface area contributed by atoms with Crippen LogP contribution >= 0.6 is 35.0 Å². The molecule has 94 valence electrons. The Morgan fingerprint density at radius 3 is 2.76 bits per heavy atom. The summed E-state index contributed by atoms with van der Waals surface area (Å²) in [4.78, 5) is 1.09. The third-order valence-electron chi connectivity index (χ3n) is 3.31. The molecule has 1 aliphatic rings. The van der Waals surface area contributed by atoms with Gasteiger partial charge in [0.25, 0.3) is 0 Å². The summed E-state index contributed by atoms with van der Waals surface area (Å²) < 4.78 is 0. The molecule has 1 aromatic carbocycles. The SMILES string of the molecule is NCC1CCCCC1Sc1cc(Cl)ccc1Cl. The lowest BCUT2D eigenvalue weighted by atomic mass is 9.89. The average Bonchev–Trinajstić information content (AvgIpc) is 2.34. The van der Waals surface area contributed by atoms with Gasteiger partial charge in [0.1, 0.15) is 0 Å². The minimum absolute atomic E-state index is 0.588. The highest BCUT2D eigenvalue weighted by atomic mass is 35.5. The maximum absolute atomic E-state index is 6.20. The molecule has 1 nitrogen and oxygen atoms in total. The summed E-state index contributed by atoms with van der Waals surface area (Å²) in [6, 6.07) is 5.65. The monoisotopic (exact) mass is 289 g/mol. The summed E-state index contributed by atoms with van der Waals surface area (Å²) in [5, 5.41) is 2.13. The summed E-state index contributed by atoms with van der Waals surface area (Å²) in [6.45, 7) is 0.774. The van der Waals surface area contributed by atoms with E-state index < -0.39 is 0 Å². The number of halogens is 2. The molecule has 0 amide bonds. The molecule has 0 aromatic heterocycles. The fourth-order valence-electron chi connectivity index (χ4n) is 2.33. The van der Waals surface area contributed by atoms with Gasteiger partial charge in [-0.1, -0.05) is 36.0 Å². The smallest absolute Gasteiger partial charge is 0.0542 e. The zero-order valence-corrected chi connectivity index (χ0v) is 12.0. The van der Waals surface area contributed by atoms with E-state index in [0.29, 0.717) is 11.2 Å². The Labute approximate surface area is 117 Å². The summed E-state index contributed by atoms with van der Waals surface area (Å²) in [6.07, 6.45) is 5.08. The van der Waals surface area contributed by atoms with Crippen molar-refractivity contribution in [2.75, 3.05) is 6.54 Å². The molecule has 1 aliphatic carbocycles. The van der Waals surface area contributed by atoms with Crippen LogP contribution in [0.4, 0.5) is 0 Å². The van der Waals surface area contributed by atoms with Crippen molar-refractivity contribution in [3.05, 3.63) is 28.2 Å². The van der Waals surface area contributed by atoms with Gasteiger partial charge in [0, 0.05) is 15.2 Å². The molecule has 0 radical (unpaired) electrons. The minimum atomic E-state index is 0.588. The van der Waals surface area contributed by atoms with E-state index in [2.05, 4.69) is 0 Å². The van der Waals surface area contributed by atoms with Crippen molar-refractivity contribution in [1.29, 1.82) is 0 Å². The lowest BCUT2D eigenvalue weighted by molar-refractivity contribution is 0.378. The highest BCUT2D eigenvalue weighted by Gasteiger charge is 2.25. The second-order valence-electron chi connectivity index (χ2n) is 4.51. The van der Waals surface area contributed by atoms with Crippen molar-refractivity contribution in [2.45, 2.75) is 35.8 Å². The van der Waals surface area contributed by atoms with E-state index in [-0.39, 0.29) is 0 Å². The Morgan fingerprint density at radius 1 is 1.24 bits per heavy atom. The van der Waals surface area contributed by atoms with Gasteiger partial charge in [0.15, 0.2) is 0 Å². The molecule has 1 fully saturated rings. The highest BCUT2D eigenvalue weighted by Crippen LogP contribution is 2.40. The fraction of sp³-hybridized carbons (Fsp3) is 0.538. The molecule has 0 spiro atoms. The van der Waals surface area contributed by atoms with Crippen LogP contribution in [0.25, 0.3) is 0 Å². The second kappa shape index (κ2) is 6.33. The second-order valence-corrected chi connectivity index (χ2v) is 6.64. The Hall–Kier alpha value is 0.110. The van der Waals surface area contributed by atoms with Crippen molar-refractivity contribution in [3.63, 3.8) is 0 Å². The quantitative estimate of drug-likeness (QED) is 0.880. The molecular weight excluding hydrogens is 273 g/mol. The van der Waals surface area contributed by atoms with Gasteiger partial charge in [-0.3, -0.25) is 0 Å². The van der Waals surface area contributed by atoms with Crippen molar-refractivity contribution < 1.29 is 0 Å². The Kier molecular flexibility index (Phi) is 5.04. The first kappa shape index (κ1) is 13.5. The minimum Gasteiger partial charge on any atom is -0.330 e. The molecule has 17 heavy (non-hydrogen) atoms. The molecule has 2 N–H and O–H groups in total. The maximum atomic E-state index is 6.20. The van der Waals surface area contributed by atoms with Crippen LogP contribution in [0, 0.1) is 5.92 Å².